The summed E-state index contributed by atoms with van der Waals surface area (Å²) in [5.41, 5.74) is 12.4. The molecule has 14 nitrogen and oxygen atoms in total. The van der Waals surface area contributed by atoms with Gasteiger partial charge in [0, 0.05) is 38.8 Å². The molecule has 8 rings (SSSR count). The average molecular weight is 1610 g/mol. The molecular weight excluding hydrogens is 1480 g/mol. The molecule has 0 saturated heterocycles. The Balaban J connectivity index is 0.947. The van der Waals surface area contributed by atoms with E-state index < -0.39 is 34.7 Å². The van der Waals surface area contributed by atoms with Crippen molar-refractivity contribution in [3.8, 4) is 56.0 Å². The van der Waals surface area contributed by atoms with Crippen LogP contribution in [0.5, 0.6) is 11.5 Å². The van der Waals surface area contributed by atoms with Crippen LogP contribution in [0.25, 0.3) is 44.5 Å². The third kappa shape index (κ3) is 27.2. The van der Waals surface area contributed by atoms with Crippen molar-refractivity contribution in [2.75, 3.05) is 66.1 Å². The van der Waals surface area contributed by atoms with Gasteiger partial charge in [0.15, 0.2) is 0 Å². The lowest BCUT2D eigenvalue weighted by molar-refractivity contribution is -0.140. The summed E-state index contributed by atoms with van der Waals surface area (Å²) in [4.78, 5) is 52.4. The molecule has 6 aromatic carbocycles. The summed E-state index contributed by atoms with van der Waals surface area (Å²) in [6.07, 6.45) is 24.2. The average Bonchev–Trinajstić information content (AvgIpc) is 0.786. The lowest BCUT2D eigenvalue weighted by Gasteiger charge is -2.29. The molecular formula is C101H134F2O14. The Bertz CT molecular complexity index is 4290. The highest BCUT2D eigenvalue weighted by Crippen LogP contribution is 2.44. The van der Waals surface area contributed by atoms with E-state index >= 15 is 8.78 Å². The summed E-state index contributed by atoms with van der Waals surface area (Å²) in [6.45, 7) is 29.8. The van der Waals surface area contributed by atoms with Crippen molar-refractivity contribution in [1.29, 1.82) is 0 Å². The number of unbranched alkanes of at least 4 members (excludes halogenated alkanes) is 4. The molecule has 0 aliphatic heterocycles. The van der Waals surface area contributed by atoms with Gasteiger partial charge in [0.05, 0.1) is 71.5 Å². The van der Waals surface area contributed by atoms with E-state index in [9.17, 15) is 39.6 Å². The Morgan fingerprint density at radius 1 is 0.410 bits per heavy atom. The van der Waals surface area contributed by atoms with E-state index in [2.05, 4.69) is 96.5 Å². The highest BCUT2D eigenvalue weighted by molar-refractivity contribution is 5.90. The first kappa shape index (κ1) is 94.0. The smallest absolute Gasteiger partial charge is 0.333 e. The number of carbonyl (C=O) groups excluding carboxylic acids is 4. The van der Waals surface area contributed by atoms with Gasteiger partial charge in [-0.25, -0.2) is 28.0 Å². The molecule has 0 amide bonds. The van der Waals surface area contributed by atoms with Crippen LogP contribution < -0.4 is 9.47 Å². The fourth-order valence-corrected chi connectivity index (χ4v) is 16.3. The van der Waals surface area contributed by atoms with Crippen LogP contribution in [0.3, 0.4) is 0 Å². The fraction of sp³-hybridized carbons (Fsp3) is 0.525. The number of hydrogen-bond acceptors (Lipinski definition) is 14. The zero-order chi connectivity index (χ0) is 84.6. The van der Waals surface area contributed by atoms with E-state index in [0.717, 1.165) is 115 Å². The number of halogens is 2. The SMILES string of the molecule is C=C(C)C(=O)OCCCc1cc(-c2ccc(-c3ccc(C4CCC(CCCCC)CC4)cc3F)cc2CC)cc(CCCOC(=O)C(=C)CCC(=C)C(=O)OCCCc2cc(-c3ccc(-c4ccc(C5CCC(CCCCC)CC5)cc4F)cc3CC)cc(CCCOC(=O)C(=C)C)c2OCC(CC)(CO)CO)c1OCC(C)(CO)CO. The van der Waals surface area contributed by atoms with Gasteiger partial charge >= 0.3 is 23.9 Å². The molecule has 6 aromatic rings. The first-order valence-corrected chi connectivity index (χ1v) is 43.6. The molecule has 2 saturated carbocycles. The zero-order valence-corrected chi connectivity index (χ0v) is 71.6. The van der Waals surface area contributed by atoms with Gasteiger partial charge in [0.25, 0.3) is 0 Å². The first-order chi connectivity index (χ1) is 56.4. The monoisotopic (exact) mass is 1610 g/mol. The van der Waals surface area contributed by atoms with Crippen molar-refractivity contribution < 1.29 is 76.8 Å². The number of rotatable bonds is 50. The number of ether oxygens (including phenoxy) is 6. The van der Waals surface area contributed by atoms with Crippen LogP contribution >= 0.6 is 0 Å². The molecule has 0 atom stereocenters. The van der Waals surface area contributed by atoms with Crippen molar-refractivity contribution in [2.24, 2.45) is 22.7 Å². The summed E-state index contributed by atoms with van der Waals surface area (Å²) in [7, 11) is 0. The second-order valence-electron chi connectivity index (χ2n) is 33.7. The Kier molecular flexibility index (Phi) is 38.0. The van der Waals surface area contributed by atoms with Crippen LogP contribution in [0.4, 0.5) is 8.78 Å². The van der Waals surface area contributed by atoms with Crippen LogP contribution in [0, 0.1) is 34.3 Å². The molecule has 0 aromatic heterocycles. The van der Waals surface area contributed by atoms with E-state index in [1.54, 1.807) is 32.9 Å². The standard InChI is InChI=1S/C101H134F2O14/c1-13-18-20-26-72-34-38-76(39-35-72)78-42-48-90(92(102)60-78)80-44-46-88(74(15-3)54-80)86-56-82(28-22-50-112-96(108)68(6)7)94(116-66-100(12,62-104)63-105)83(57-86)30-24-52-114-98(110)70(10)32-33-71(11)99(111)115-53-25-31-85-59-87(58-84(29-23-51-113-97(109)69(8)9)95(85)117-67-101(17-5,64-106)65-107)89-47-45-81(55-75(89)16-4)91-49-43-79(61-93(91)103)77-40-36-73(37-41-77)27-21-19-14-2/h42-49,54-61,72-73,76-77,104-107H,6,8,10-11,13-41,50-53,62-67H2,1-5,7,9,12H3. The topological polar surface area (TPSA) is 205 Å². The van der Waals surface area contributed by atoms with Crippen molar-refractivity contribution >= 4 is 23.9 Å². The maximum atomic E-state index is 16.4. The van der Waals surface area contributed by atoms with E-state index in [0.29, 0.717) is 105 Å². The Morgan fingerprint density at radius 3 is 1.07 bits per heavy atom. The number of hydrogen-bond donors (Lipinski definition) is 4. The van der Waals surface area contributed by atoms with E-state index in [1.807, 2.05) is 49.4 Å². The molecule has 0 spiro atoms. The van der Waals surface area contributed by atoms with Gasteiger partial charge < -0.3 is 48.8 Å². The van der Waals surface area contributed by atoms with Crippen LogP contribution in [0.2, 0.25) is 0 Å². The fourth-order valence-electron chi connectivity index (χ4n) is 16.3. The third-order valence-electron chi connectivity index (χ3n) is 24.3. The lowest BCUT2D eigenvalue weighted by Crippen LogP contribution is -2.36. The summed E-state index contributed by atoms with van der Waals surface area (Å²) in [6, 6.07) is 31.9. The number of aliphatic hydroxyl groups excluding tert-OH is 4. The first-order valence-electron chi connectivity index (χ1n) is 43.6. The largest absolute Gasteiger partial charge is 0.492 e. The minimum atomic E-state index is -0.991. The van der Waals surface area contributed by atoms with E-state index in [-0.39, 0.29) is 113 Å². The Morgan fingerprint density at radius 2 is 0.752 bits per heavy atom. The predicted molar refractivity (Wildman–Crippen MR) is 465 cm³/mol. The van der Waals surface area contributed by atoms with E-state index in [1.165, 1.54) is 77.0 Å². The number of aryl methyl sites for hydroxylation is 6. The molecule has 0 bridgehead atoms. The maximum Gasteiger partial charge on any atom is 0.333 e. The van der Waals surface area contributed by atoms with Gasteiger partial charge in [0.2, 0.25) is 0 Å². The Hall–Kier alpha value is -8.54. The summed E-state index contributed by atoms with van der Waals surface area (Å²) < 4.78 is 68.8. The number of carbonyl (C=O) groups is 4. The second kappa shape index (κ2) is 47.3. The second-order valence-corrected chi connectivity index (χ2v) is 33.7. The summed E-state index contributed by atoms with van der Waals surface area (Å²) in [5.74, 6) is 0.542. The molecule has 4 N–H and O–H groups in total. The molecule has 0 unspecified atom stereocenters. The van der Waals surface area contributed by atoms with Crippen LogP contribution in [0.1, 0.15) is 259 Å². The molecule has 0 radical (unpaired) electrons. The molecule has 636 valence electrons. The minimum absolute atomic E-state index is 0.00304. The van der Waals surface area contributed by atoms with Crippen LogP contribution in [-0.2, 0) is 76.7 Å². The highest BCUT2D eigenvalue weighted by Gasteiger charge is 2.32. The number of esters is 4. The quantitative estimate of drug-likeness (QED) is 0.0121. The highest BCUT2D eigenvalue weighted by atomic mass is 19.1. The number of aliphatic hydroxyl groups is 4. The van der Waals surface area contributed by atoms with E-state index in [4.69, 9.17) is 28.4 Å². The summed E-state index contributed by atoms with van der Waals surface area (Å²) >= 11 is 0. The normalized spacial score (nSPS) is 15.6. The number of benzene rings is 6. The van der Waals surface area contributed by atoms with Crippen LogP contribution in [0.15, 0.2) is 146 Å². The summed E-state index contributed by atoms with van der Waals surface area (Å²) in [5, 5.41) is 41.9. The van der Waals surface area contributed by atoms with Gasteiger partial charge in [0.1, 0.15) is 23.1 Å². The minimum Gasteiger partial charge on any atom is -0.492 e. The lowest BCUT2D eigenvalue weighted by atomic mass is 9.77. The van der Waals surface area contributed by atoms with Crippen molar-refractivity contribution in [3.63, 3.8) is 0 Å². The maximum absolute atomic E-state index is 16.4. The van der Waals surface area contributed by atoms with Crippen molar-refractivity contribution in [3.05, 3.63) is 202 Å². The van der Waals surface area contributed by atoms with Gasteiger partial charge in [-0.1, -0.05) is 180 Å². The predicted octanol–water partition coefficient (Wildman–Crippen LogP) is 22.2. The van der Waals surface area contributed by atoms with Crippen molar-refractivity contribution in [2.45, 2.75) is 253 Å². The Labute approximate surface area is 697 Å². The third-order valence-corrected chi connectivity index (χ3v) is 24.3. The van der Waals surface area contributed by atoms with Gasteiger partial charge in [-0.2, -0.15) is 0 Å². The van der Waals surface area contributed by atoms with Crippen molar-refractivity contribution in [1.82, 2.24) is 0 Å². The van der Waals surface area contributed by atoms with Gasteiger partial charge in [-0.3, -0.25) is 0 Å². The molecule has 0 heterocycles. The van der Waals surface area contributed by atoms with Gasteiger partial charge in [-0.05, 0) is 287 Å². The van der Waals surface area contributed by atoms with Crippen LogP contribution in [-0.4, -0.2) is 110 Å². The molecule has 2 aliphatic carbocycles. The molecule has 2 aliphatic rings. The zero-order valence-electron chi connectivity index (χ0n) is 71.6. The molecule has 2 fully saturated rings. The molecule has 117 heavy (non-hydrogen) atoms. The molecule has 16 heteroatoms. The van der Waals surface area contributed by atoms with Gasteiger partial charge in [-0.15, -0.1) is 0 Å².